The fourth-order valence-electron chi connectivity index (χ4n) is 5.46. The van der Waals surface area contributed by atoms with Crippen LogP contribution in [0.2, 0.25) is 0 Å². The third-order valence-corrected chi connectivity index (χ3v) is 7.45. The molecule has 0 saturated carbocycles. The van der Waals surface area contributed by atoms with Crippen LogP contribution in [-0.2, 0) is 6.54 Å². The summed E-state index contributed by atoms with van der Waals surface area (Å²) in [6, 6.07) is 27.5. The number of hydrogen-bond donors (Lipinski definition) is 1. The normalized spacial score (nSPS) is 17.5. The summed E-state index contributed by atoms with van der Waals surface area (Å²) in [7, 11) is 0. The van der Waals surface area contributed by atoms with Gasteiger partial charge in [-0.1, -0.05) is 42.5 Å². The molecule has 0 spiro atoms. The molecule has 6 rings (SSSR count). The Kier molecular flexibility index (Phi) is 5.74. The summed E-state index contributed by atoms with van der Waals surface area (Å²) in [4.78, 5) is 11.2. The van der Waals surface area contributed by atoms with Gasteiger partial charge in [-0.05, 0) is 79.0 Å². The SMILES string of the molecule is Cc1cc([C@H]2[C@@H](c3ccccn3)NC(=S)N2Cc2ccncc2)c(C)n1-c1cccc2ccccc12. The molecule has 0 radical (unpaired) electrons. The summed E-state index contributed by atoms with van der Waals surface area (Å²) < 4.78 is 2.37. The average Bonchev–Trinajstić information content (AvgIpc) is 3.39. The van der Waals surface area contributed by atoms with Crippen LogP contribution in [0.25, 0.3) is 16.5 Å². The van der Waals surface area contributed by atoms with Gasteiger partial charge >= 0.3 is 0 Å². The van der Waals surface area contributed by atoms with Crippen LogP contribution >= 0.6 is 12.2 Å². The first-order valence-electron chi connectivity index (χ1n) is 12.2. The van der Waals surface area contributed by atoms with E-state index in [9.17, 15) is 0 Å². The van der Waals surface area contributed by atoms with Crippen molar-refractivity contribution in [2.24, 2.45) is 0 Å². The molecular weight excluding hydrogens is 462 g/mol. The summed E-state index contributed by atoms with van der Waals surface area (Å²) in [6.07, 6.45) is 5.51. The number of nitrogens with one attached hydrogen (secondary N) is 1. The van der Waals surface area contributed by atoms with Crippen LogP contribution < -0.4 is 5.32 Å². The zero-order valence-electron chi connectivity index (χ0n) is 20.3. The number of pyridine rings is 2. The van der Waals surface area contributed by atoms with Crippen molar-refractivity contribution in [2.45, 2.75) is 32.5 Å². The first-order chi connectivity index (χ1) is 17.6. The van der Waals surface area contributed by atoms with Gasteiger partial charge in [-0.15, -0.1) is 0 Å². The Bertz CT molecular complexity index is 1540. The Hall–Kier alpha value is -4.03. The second-order valence-electron chi connectivity index (χ2n) is 9.27. The standard InChI is InChI=1S/C30H27N5S/c1-20-18-25(21(2)35(20)27-12-7-9-23-8-3-4-10-24(23)27)29-28(26-11-5-6-15-32-26)33-30(36)34(29)19-22-13-16-31-17-14-22/h3-18,28-29H,19H2,1-2H3,(H,33,36)/t28-,29+/m1/s1. The monoisotopic (exact) mass is 489 g/mol. The van der Waals surface area contributed by atoms with Crippen molar-refractivity contribution in [1.82, 2.24) is 24.8 Å². The summed E-state index contributed by atoms with van der Waals surface area (Å²) in [5.41, 5.74) is 7.00. The van der Waals surface area contributed by atoms with Gasteiger partial charge in [0, 0.05) is 41.9 Å². The molecule has 2 aromatic carbocycles. The molecule has 1 aliphatic heterocycles. The minimum absolute atomic E-state index is 0.00417. The second kappa shape index (κ2) is 9.21. The molecule has 0 aliphatic carbocycles. The van der Waals surface area contributed by atoms with Crippen molar-refractivity contribution in [3.8, 4) is 5.69 Å². The van der Waals surface area contributed by atoms with Gasteiger partial charge in [-0.25, -0.2) is 0 Å². The van der Waals surface area contributed by atoms with Crippen LogP contribution in [0.1, 0.15) is 40.3 Å². The van der Waals surface area contributed by atoms with E-state index in [1.165, 1.54) is 39.0 Å². The molecule has 178 valence electrons. The van der Waals surface area contributed by atoms with Crippen molar-refractivity contribution >= 4 is 28.1 Å². The van der Waals surface area contributed by atoms with Gasteiger partial charge in [0.1, 0.15) is 0 Å². The molecule has 0 bridgehead atoms. The van der Waals surface area contributed by atoms with E-state index >= 15 is 0 Å². The molecule has 6 heteroatoms. The van der Waals surface area contributed by atoms with Crippen LogP contribution in [0.5, 0.6) is 0 Å². The van der Waals surface area contributed by atoms with Crippen LogP contribution in [-0.4, -0.2) is 24.5 Å². The molecule has 0 amide bonds. The van der Waals surface area contributed by atoms with Crippen LogP contribution in [0, 0.1) is 13.8 Å². The molecule has 1 aliphatic rings. The highest BCUT2D eigenvalue weighted by molar-refractivity contribution is 7.80. The van der Waals surface area contributed by atoms with Gasteiger partial charge in [-0.2, -0.15) is 0 Å². The van der Waals surface area contributed by atoms with Crippen molar-refractivity contribution in [3.05, 3.63) is 126 Å². The molecule has 2 atom stereocenters. The smallest absolute Gasteiger partial charge is 0.170 e. The first-order valence-corrected chi connectivity index (χ1v) is 12.6. The summed E-state index contributed by atoms with van der Waals surface area (Å²) >= 11 is 5.90. The molecule has 1 fully saturated rings. The van der Waals surface area contributed by atoms with Gasteiger partial charge in [0.05, 0.1) is 23.5 Å². The molecule has 1 saturated heterocycles. The number of hydrogen-bond acceptors (Lipinski definition) is 3. The predicted molar refractivity (Wildman–Crippen MR) is 148 cm³/mol. The predicted octanol–water partition coefficient (Wildman–Crippen LogP) is 6.21. The van der Waals surface area contributed by atoms with Gasteiger partial charge in [-0.3, -0.25) is 9.97 Å². The van der Waals surface area contributed by atoms with Gasteiger partial charge < -0.3 is 14.8 Å². The minimum atomic E-state index is -0.0537. The largest absolute Gasteiger partial charge is 0.352 e. The fraction of sp³-hybridized carbons (Fsp3) is 0.167. The van der Waals surface area contributed by atoms with Crippen molar-refractivity contribution in [3.63, 3.8) is 0 Å². The van der Waals surface area contributed by atoms with E-state index in [1.54, 1.807) is 0 Å². The summed E-state index contributed by atoms with van der Waals surface area (Å²) in [6.45, 7) is 5.09. The molecule has 3 aromatic heterocycles. The molecule has 0 unspecified atom stereocenters. The number of thiocarbonyl (C=S) groups is 1. The molecule has 5 aromatic rings. The highest BCUT2D eigenvalue weighted by Gasteiger charge is 2.41. The third kappa shape index (κ3) is 3.84. The van der Waals surface area contributed by atoms with E-state index in [2.05, 4.69) is 88.2 Å². The lowest BCUT2D eigenvalue weighted by atomic mass is 9.96. The van der Waals surface area contributed by atoms with E-state index in [-0.39, 0.29) is 12.1 Å². The van der Waals surface area contributed by atoms with Gasteiger partial charge in [0.2, 0.25) is 0 Å². The quantitative estimate of drug-likeness (QED) is 0.297. The first kappa shape index (κ1) is 22.4. The van der Waals surface area contributed by atoms with E-state index in [0.29, 0.717) is 6.54 Å². The maximum atomic E-state index is 5.90. The van der Waals surface area contributed by atoms with E-state index < -0.39 is 0 Å². The number of rotatable bonds is 5. The Labute approximate surface area is 216 Å². The zero-order chi connectivity index (χ0) is 24.6. The molecule has 5 nitrogen and oxygen atoms in total. The second-order valence-corrected chi connectivity index (χ2v) is 9.66. The Morgan fingerprint density at radius 2 is 1.67 bits per heavy atom. The maximum Gasteiger partial charge on any atom is 0.170 e. The lowest BCUT2D eigenvalue weighted by Gasteiger charge is -2.28. The number of fused-ring (bicyclic) bond motifs is 1. The van der Waals surface area contributed by atoms with Crippen molar-refractivity contribution in [1.29, 1.82) is 0 Å². The van der Waals surface area contributed by atoms with Gasteiger partial charge in [0.15, 0.2) is 5.11 Å². The topological polar surface area (TPSA) is 46.0 Å². The van der Waals surface area contributed by atoms with E-state index in [4.69, 9.17) is 17.2 Å². The molecule has 4 heterocycles. The summed E-state index contributed by atoms with van der Waals surface area (Å²) in [5.74, 6) is 0. The highest BCUT2D eigenvalue weighted by Crippen LogP contribution is 2.42. The van der Waals surface area contributed by atoms with Gasteiger partial charge in [0.25, 0.3) is 0 Å². The minimum Gasteiger partial charge on any atom is -0.352 e. The third-order valence-electron chi connectivity index (χ3n) is 7.10. The Balaban J connectivity index is 1.50. The van der Waals surface area contributed by atoms with Crippen molar-refractivity contribution in [2.75, 3.05) is 0 Å². The summed E-state index contributed by atoms with van der Waals surface area (Å²) in [5, 5.41) is 6.80. The lowest BCUT2D eigenvalue weighted by Crippen LogP contribution is -2.29. The number of aromatic nitrogens is 3. The van der Waals surface area contributed by atoms with Crippen LogP contribution in [0.4, 0.5) is 0 Å². The Morgan fingerprint density at radius 3 is 2.47 bits per heavy atom. The highest BCUT2D eigenvalue weighted by atomic mass is 32.1. The van der Waals surface area contributed by atoms with Crippen LogP contribution in [0.15, 0.2) is 97.5 Å². The molecule has 1 N–H and O–H groups in total. The van der Waals surface area contributed by atoms with Crippen LogP contribution in [0.3, 0.4) is 0 Å². The van der Waals surface area contributed by atoms with E-state index in [1.807, 2.05) is 42.9 Å². The lowest BCUT2D eigenvalue weighted by molar-refractivity contribution is 0.310. The van der Waals surface area contributed by atoms with E-state index in [0.717, 1.165) is 10.8 Å². The fourth-order valence-corrected chi connectivity index (χ4v) is 5.77. The molecular formula is C30H27N5S. The number of benzene rings is 2. The van der Waals surface area contributed by atoms with Crippen molar-refractivity contribution < 1.29 is 0 Å². The number of nitrogens with zero attached hydrogens (tertiary/aromatic N) is 4. The Morgan fingerprint density at radius 1 is 0.889 bits per heavy atom. The number of aryl methyl sites for hydroxylation is 1. The molecule has 36 heavy (non-hydrogen) atoms. The maximum absolute atomic E-state index is 5.90. The average molecular weight is 490 g/mol. The zero-order valence-corrected chi connectivity index (χ0v) is 21.1.